The first-order chi connectivity index (χ1) is 11.9. The molecule has 25 heavy (non-hydrogen) atoms. The Labute approximate surface area is 146 Å². The Kier molecular flexibility index (Phi) is 5.99. The van der Waals surface area contributed by atoms with E-state index in [1.54, 1.807) is 12.1 Å². The third kappa shape index (κ3) is 4.97. The van der Waals surface area contributed by atoms with E-state index in [-0.39, 0.29) is 12.5 Å². The van der Waals surface area contributed by atoms with Crippen LogP contribution in [0.3, 0.4) is 0 Å². The number of amides is 2. The van der Waals surface area contributed by atoms with Gasteiger partial charge in [-0.1, -0.05) is 0 Å². The van der Waals surface area contributed by atoms with E-state index in [9.17, 15) is 9.59 Å². The minimum Gasteiger partial charge on any atom is -0.453 e. The molecule has 2 N–H and O–H groups in total. The van der Waals surface area contributed by atoms with Crippen LogP contribution in [-0.2, 0) is 17.8 Å². The molecule has 0 aliphatic heterocycles. The van der Waals surface area contributed by atoms with Crippen LogP contribution in [0.1, 0.15) is 38.8 Å². The van der Waals surface area contributed by atoms with Gasteiger partial charge < -0.3 is 15.4 Å². The second kappa shape index (κ2) is 8.18. The van der Waals surface area contributed by atoms with Gasteiger partial charge in [0.1, 0.15) is 5.82 Å². The molecular weight excluding hydrogens is 322 g/mol. The number of alkyl carbamates (subject to hydrolysis) is 1. The number of ether oxygens (including phenoxy) is 1. The predicted molar refractivity (Wildman–Crippen MR) is 90.9 cm³/mol. The molecule has 0 aromatic carbocycles. The lowest BCUT2D eigenvalue weighted by Crippen LogP contribution is -2.25. The smallest absolute Gasteiger partial charge is 0.407 e. The van der Waals surface area contributed by atoms with Crippen molar-refractivity contribution in [2.45, 2.75) is 33.9 Å². The topological polar surface area (TPSA) is 106 Å². The van der Waals surface area contributed by atoms with Crippen LogP contribution in [0.5, 0.6) is 0 Å². The number of aromatic nitrogens is 3. The first-order valence-electron chi connectivity index (χ1n) is 7.76. The number of hydrogen-bond donors (Lipinski definition) is 2. The van der Waals surface area contributed by atoms with Gasteiger partial charge in [0.25, 0.3) is 5.91 Å². The average molecular weight is 343 g/mol. The van der Waals surface area contributed by atoms with Crippen LogP contribution in [-0.4, -0.2) is 34.1 Å². The molecule has 0 saturated carbocycles. The summed E-state index contributed by atoms with van der Waals surface area (Å²) >= 11 is 0. The lowest BCUT2D eigenvalue weighted by molar-refractivity contribution is 0.0950. The summed E-state index contributed by atoms with van der Waals surface area (Å²) in [4.78, 5) is 36.2. The number of carbonyl (C=O) groups excluding carboxylic acids is 2. The van der Waals surface area contributed by atoms with E-state index >= 15 is 0 Å². The summed E-state index contributed by atoms with van der Waals surface area (Å²) in [7, 11) is 1.28. The van der Waals surface area contributed by atoms with Gasteiger partial charge in [0.15, 0.2) is 0 Å². The quantitative estimate of drug-likeness (QED) is 0.854. The number of aryl methyl sites for hydroxylation is 3. The number of methoxy groups -OCH3 is 1. The molecule has 0 atom stereocenters. The van der Waals surface area contributed by atoms with Crippen LogP contribution >= 0.6 is 0 Å². The predicted octanol–water partition coefficient (Wildman–Crippen LogP) is 1.58. The minimum atomic E-state index is -0.554. The van der Waals surface area contributed by atoms with Crippen LogP contribution in [0.2, 0.25) is 0 Å². The molecular formula is C17H21N5O3. The summed E-state index contributed by atoms with van der Waals surface area (Å²) in [6.07, 6.45) is 0.969. The Bertz CT molecular complexity index is 769. The largest absolute Gasteiger partial charge is 0.453 e. The lowest BCUT2D eigenvalue weighted by atomic mass is 10.1. The van der Waals surface area contributed by atoms with Crippen molar-refractivity contribution in [3.05, 3.63) is 52.4 Å². The molecule has 0 saturated heterocycles. The molecule has 2 heterocycles. The van der Waals surface area contributed by atoms with Crippen molar-refractivity contribution in [3.63, 3.8) is 0 Å². The van der Waals surface area contributed by atoms with Gasteiger partial charge in [0.05, 0.1) is 19.3 Å². The molecule has 0 aliphatic rings. The molecule has 132 valence electrons. The van der Waals surface area contributed by atoms with Crippen molar-refractivity contribution in [3.8, 4) is 0 Å². The Hall–Kier alpha value is -3.03. The number of pyridine rings is 1. The van der Waals surface area contributed by atoms with Gasteiger partial charge >= 0.3 is 6.09 Å². The molecule has 2 rings (SSSR count). The van der Waals surface area contributed by atoms with Crippen LogP contribution in [0.4, 0.5) is 4.79 Å². The molecule has 8 nitrogen and oxygen atoms in total. The molecule has 0 fully saturated rings. The van der Waals surface area contributed by atoms with Crippen molar-refractivity contribution in [1.29, 1.82) is 0 Å². The number of nitrogens with zero attached hydrogens (tertiary/aromatic N) is 3. The van der Waals surface area contributed by atoms with Gasteiger partial charge in [-0.3, -0.25) is 9.78 Å². The van der Waals surface area contributed by atoms with Crippen molar-refractivity contribution >= 4 is 12.0 Å². The maximum atomic E-state index is 12.4. The standard InChI is InChI=1S/C17H21N5O3/c1-10-15(11(2)22-12(3)21-10)9-19-16(23)13-5-6-18-14(7-13)8-20-17(24)25-4/h5-7H,8-9H2,1-4H3,(H,19,23)(H,20,24). The SMILES string of the molecule is COC(=O)NCc1cc(C(=O)NCc2c(C)nc(C)nc2C)ccn1. The highest BCUT2D eigenvalue weighted by Gasteiger charge is 2.11. The molecule has 8 heteroatoms. The normalized spacial score (nSPS) is 10.2. The molecule has 2 aromatic heterocycles. The average Bonchev–Trinajstić information content (AvgIpc) is 2.58. The number of carbonyl (C=O) groups is 2. The van der Waals surface area contributed by atoms with Crippen molar-refractivity contribution < 1.29 is 14.3 Å². The van der Waals surface area contributed by atoms with Crippen LogP contribution in [0.25, 0.3) is 0 Å². The monoisotopic (exact) mass is 343 g/mol. The fourth-order valence-electron chi connectivity index (χ4n) is 2.38. The Morgan fingerprint density at radius 1 is 1.08 bits per heavy atom. The van der Waals surface area contributed by atoms with E-state index in [0.717, 1.165) is 17.0 Å². The van der Waals surface area contributed by atoms with E-state index in [2.05, 4.69) is 30.3 Å². The fraction of sp³-hybridized carbons (Fsp3) is 0.353. The number of nitrogens with one attached hydrogen (secondary N) is 2. The second-order valence-corrected chi connectivity index (χ2v) is 5.48. The number of hydrogen-bond acceptors (Lipinski definition) is 6. The van der Waals surface area contributed by atoms with E-state index < -0.39 is 6.09 Å². The summed E-state index contributed by atoms with van der Waals surface area (Å²) in [5, 5.41) is 5.38. The maximum absolute atomic E-state index is 12.4. The van der Waals surface area contributed by atoms with Gasteiger partial charge in [-0.15, -0.1) is 0 Å². The van der Waals surface area contributed by atoms with Gasteiger partial charge in [-0.2, -0.15) is 0 Å². The summed E-state index contributed by atoms with van der Waals surface area (Å²) in [5.74, 6) is 0.475. The first kappa shape index (κ1) is 18.3. The highest BCUT2D eigenvalue weighted by molar-refractivity contribution is 5.94. The molecule has 0 radical (unpaired) electrons. The van der Waals surface area contributed by atoms with Crippen molar-refractivity contribution in [1.82, 2.24) is 25.6 Å². The summed E-state index contributed by atoms with van der Waals surface area (Å²) in [6.45, 7) is 6.15. The van der Waals surface area contributed by atoms with Crippen molar-refractivity contribution in [2.75, 3.05) is 7.11 Å². The van der Waals surface area contributed by atoms with E-state index in [0.29, 0.717) is 23.6 Å². The Morgan fingerprint density at radius 3 is 2.40 bits per heavy atom. The summed E-state index contributed by atoms with van der Waals surface area (Å²) in [6, 6.07) is 3.24. The molecule has 0 aliphatic carbocycles. The van der Waals surface area contributed by atoms with Gasteiger partial charge in [-0.05, 0) is 32.9 Å². The Morgan fingerprint density at radius 2 is 1.76 bits per heavy atom. The van der Waals surface area contributed by atoms with E-state index in [4.69, 9.17) is 0 Å². The zero-order valence-corrected chi connectivity index (χ0v) is 14.7. The van der Waals surface area contributed by atoms with Gasteiger partial charge in [0, 0.05) is 35.3 Å². The van der Waals surface area contributed by atoms with Crippen molar-refractivity contribution in [2.24, 2.45) is 0 Å². The summed E-state index contributed by atoms with van der Waals surface area (Å²) in [5.41, 5.74) is 3.62. The highest BCUT2D eigenvalue weighted by Crippen LogP contribution is 2.10. The molecule has 0 bridgehead atoms. The first-order valence-corrected chi connectivity index (χ1v) is 7.76. The zero-order valence-electron chi connectivity index (χ0n) is 14.7. The third-order valence-electron chi connectivity index (χ3n) is 3.64. The van der Waals surface area contributed by atoms with Gasteiger partial charge in [0.2, 0.25) is 0 Å². The number of rotatable bonds is 5. The molecule has 0 unspecified atom stereocenters. The van der Waals surface area contributed by atoms with Crippen LogP contribution in [0.15, 0.2) is 18.3 Å². The van der Waals surface area contributed by atoms with Crippen LogP contribution in [0, 0.1) is 20.8 Å². The Balaban J connectivity index is 2.03. The third-order valence-corrected chi connectivity index (χ3v) is 3.64. The lowest BCUT2D eigenvalue weighted by Gasteiger charge is -2.11. The zero-order chi connectivity index (χ0) is 18.4. The highest BCUT2D eigenvalue weighted by atomic mass is 16.5. The van der Waals surface area contributed by atoms with Gasteiger partial charge in [-0.25, -0.2) is 14.8 Å². The van der Waals surface area contributed by atoms with E-state index in [1.807, 2.05) is 20.8 Å². The molecule has 2 aromatic rings. The fourth-order valence-corrected chi connectivity index (χ4v) is 2.38. The minimum absolute atomic E-state index is 0.178. The molecule has 2 amide bonds. The molecule has 0 spiro atoms. The second-order valence-electron chi connectivity index (χ2n) is 5.48. The van der Waals surface area contributed by atoms with Crippen LogP contribution < -0.4 is 10.6 Å². The maximum Gasteiger partial charge on any atom is 0.407 e. The summed E-state index contributed by atoms with van der Waals surface area (Å²) < 4.78 is 4.50. The van der Waals surface area contributed by atoms with E-state index in [1.165, 1.54) is 13.3 Å².